The van der Waals surface area contributed by atoms with Gasteiger partial charge in [0.2, 0.25) is 0 Å². The monoisotopic (exact) mass is 329 g/mol. The van der Waals surface area contributed by atoms with E-state index in [1.165, 1.54) is 52.0 Å². The van der Waals surface area contributed by atoms with Gasteiger partial charge in [0.25, 0.3) is 0 Å². The molecule has 1 aliphatic heterocycles. The molecule has 2 rings (SSSR count). The molecule has 0 radical (unpaired) electrons. The van der Waals surface area contributed by atoms with Crippen LogP contribution in [0.4, 0.5) is 0 Å². The second kappa shape index (κ2) is 9.48. The van der Waals surface area contributed by atoms with Crippen LogP contribution in [-0.2, 0) is 4.74 Å². The summed E-state index contributed by atoms with van der Waals surface area (Å²) in [6.07, 6.45) is 4.15. The van der Waals surface area contributed by atoms with Crippen LogP contribution >= 0.6 is 12.6 Å². The van der Waals surface area contributed by atoms with Gasteiger partial charge in [-0.05, 0) is 32.9 Å². The lowest BCUT2D eigenvalue weighted by atomic mass is 9.88. The molecule has 2 aliphatic rings. The maximum Gasteiger partial charge on any atom is 0.0605 e. The molecule has 1 aliphatic carbocycles. The molecule has 1 atom stereocenters. The third-order valence-electron chi connectivity index (χ3n) is 5.01. The molecule has 2 fully saturated rings. The molecule has 0 N–H and O–H groups in total. The van der Waals surface area contributed by atoms with Crippen molar-refractivity contribution in [3.8, 4) is 0 Å². The SMILES string of the molecule is CCCN1CCN(CCO[C@H]2C[C@H](N(C)CC(C)S)C2)CC1. The molecule has 0 spiro atoms. The summed E-state index contributed by atoms with van der Waals surface area (Å²) >= 11 is 4.47. The second-order valence-electron chi connectivity index (χ2n) is 7.09. The van der Waals surface area contributed by atoms with E-state index in [2.05, 4.69) is 48.2 Å². The first-order chi connectivity index (χ1) is 10.6. The summed E-state index contributed by atoms with van der Waals surface area (Å²) in [5.74, 6) is 0. The zero-order valence-corrected chi connectivity index (χ0v) is 15.6. The standard InChI is InChI=1S/C17H35N3OS/c1-4-5-19-6-8-20(9-7-19)10-11-21-17-12-16(13-17)18(3)14-15(2)22/h15-17,22H,4-14H2,1-3H3/t15?,16-,17-. The third kappa shape index (κ3) is 6.00. The fraction of sp³-hybridized carbons (Fsp3) is 1.00. The van der Waals surface area contributed by atoms with Crippen LogP contribution in [0.2, 0.25) is 0 Å². The second-order valence-corrected chi connectivity index (χ2v) is 7.97. The zero-order valence-electron chi connectivity index (χ0n) is 14.7. The van der Waals surface area contributed by atoms with Gasteiger partial charge in [0.05, 0.1) is 12.7 Å². The first kappa shape index (κ1) is 18.5. The smallest absolute Gasteiger partial charge is 0.0605 e. The summed E-state index contributed by atoms with van der Waals surface area (Å²) in [4.78, 5) is 7.56. The van der Waals surface area contributed by atoms with Crippen molar-refractivity contribution < 1.29 is 4.74 Å². The first-order valence-electron chi connectivity index (χ1n) is 9.03. The Labute approximate surface area is 142 Å². The summed E-state index contributed by atoms with van der Waals surface area (Å²) in [7, 11) is 2.21. The van der Waals surface area contributed by atoms with E-state index in [-0.39, 0.29) is 0 Å². The van der Waals surface area contributed by atoms with Crippen LogP contribution in [0.15, 0.2) is 0 Å². The van der Waals surface area contributed by atoms with Crippen LogP contribution in [0.3, 0.4) is 0 Å². The Morgan fingerprint density at radius 3 is 2.27 bits per heavy atom. The van der Waals surface area contributed by atoms with Crippen LogP contribution in [-0.4, -0.2) is 91.6 Å². The van der Waals surface area contributed by atoms with Crippen molar-refractivity contribution in [2.45, 2.75) is 50.5 Å². The van der Waals surface area contributed by atoms with Crippen molar-refractivity contribution in [3.63, 3.8) is 0 Å². The number of ether oxygens (including phenoxy) is 1. The van der Waals surface area contributed by atoms with Gasteiger partial charge in [-0.25, -0.2) is 0 Å². The molecule has 22 heavy (non-hydrogen) atoms. The lowest BCUT2D eigenvalue weighted by Crippen LogP contribution is -2.49. The largest absolute Gasteiger partial charge is 0.377 e. The van der Waals surface area contributed by atoms with Gasteiger partial charge in [-0.15, -0.1) is 0 Å². The Balaban J connectivity index is 1.49. The number of hydrogen-bond donors (Lipinski definition) is 1. The molecular weight excluding hydrogens is 294 g/mol. The molecule has 0 aromatic rings. The highest BCUT2D eigenvalue weighted by molar-refractivity contribution is 7.80. The van der Waals surface area contributed by atoms with Gasteiger partial charge in [-0.3, -0.25) is 4.90 Å². The van der Waals surface area contributed by atoms with Gasteiger partial charge in [0.1, 0.15) is 0 Å². The van der Waals surface area contributed by atoms with Gasteiger partial charge in [0, 0.05) is 50.6 Å². The van der Waals surface area contributed by atoms with E-state index in [0.29, 0.717) is 17.4 Å². The van der Waals surface area contributed by atoms with E-state index in [9.17, 15) is 0 Å². The van der Waals surface area contributed by atoms with E-state index >= 15 is 0 Å². The fourth-order valence-electron chi connectivity index (χ4n) is 3.50. The average molecular weight is 330 g/mol. The number of hydrogen-bond acceptors (Lipinski definition) is 5. The Morgan fingerprint density at radius 1 is 1.14 bits per heavy atom. The van der Waals surface area contributed by atoms with E-state index in [0.717, 1.165) is 19.7 Å². The van der Waals surface area contributed by atoms with Crippen molar-refractivity contribution in [3.05, 3.63) is 0 Å². The molecule has 5 heteroatoms. The minimum Gasteiger partial charge on any atom is -0.377 e. The van der Waals surface area contributed by atoms with Crippen LogP contribution < -0.4 is 0 Å². The molecule has 0 bridgehead atoms. The lowest BCUT2D eigenvalue weighted by Gasteiger charge is -2.42. The van der Waals surface area contributed by atoms with Crippen LogP contribution in [0.1, 0.15) is 33.1 Å². The van der Waals surface area contributed by atoms with Crippen molar-refractivity contribution in [1.29, 1.82) is 0 Å². The van der Waals surface area contributed by atoms with E-state index in [1.54, 1.807) is 0 Å². The molecule has 1 saturated carbocycles. The molecule has 4 nitrogen and oxygen atoms in total. The van der Waals surface area contributed by atoms with Gasteiger partial charge in [-0.1, -0.05) is 13.8 Å². The number of piperazine rings is 1. The van der Waals surface area contributed by atoms with Gasteiger partial charge in [-0.2, -0.15) is 12.6 Å². The van der Waals surface area contributed by atoms with E-state index in [1.807, 2.05) is 0 Å². The highest BCUT2D eigenvalue weighted by Crippen LogP contribution is 2.27. The molecule has 0 amide bonds. The van der Waals surface area contributed by atoms with E-state index in [4.69, 9.17) is 4.74 Å². The molecule has 1 heterocycles. The van der Waals surface area contributed by atoms with Gasteiger partial charge in [0.15, 0.2) is 0 Å². The molecular formula is C17H35N3OS. The molecule has 130 valence electrons. The van der Waals surface area contributed by atoms with E-state index < -0.39 is 0 Å². The van der Waals surface area contributed by atoms with Crippen molar-refractivity contribution in [2.75, 3.05) is 59.5 Å². The van der Waals surface area contributed by atoms with Crippen LogP contribution in [0.25, 0.3) is 0 Å². The fourth-order valence-corrected chi connectivity index (χ4v) is 3.76. The third-order valence-corrected chi connectivity index (χ3v) is 5.17. The average Bonchev–Trinajstić information content (AvgIpc) is 2.42. The minimum absolute atomic E-state index is 0.455. The Kier molecular flexibility index (Phi) is 7.98. The Morgan fingerprint density at radius 2 is 1.73 bits per heavy atom. The Bertz CT molecular complexity index is 302. The Hall–Kier alpha value is 0.190. The minimum atomic E-state index is 0.455. The topological polar surface area (TPSA) is 19.0 Å². The highest BCUT2D eigenvalue weighted by atomic mass is 32.1. The quantitative estimate of drug-likeness (QED) is 0.650. The van der Waals surface area contributed by atoms with Gasteiger partial charge < -0.3 is 14.5 Å². The lowest BCUT2D eigenvalue weighted by molar-refractivity contribution is -0.0522. The first-order valence-corrected chi connectivity index (χ1v) is 9.54. The number of nitrogens with zero attached hydrogens (tertiary/aromatic N) is 3. The predicted octanol–water partition coefficient (Wildman–Crippen LogP) is 1.81. The maximum atomic E-state index is 6.04. The zero-order chi connectivity index (χ0) is 15.9. The molecule has 1 unspecified atom stereocenters. The van der Waals surface area contributed by atoms with Crippen LogP contribution in [0, 0.1) is 0 Å². The van der Waals surface area contributed by atoms with Crippen molar-refractivity contribution in [2.24, 2.45) is 0 Å². The predicted molar refractivity (Wildman–Crippen MR) is 97.0 cm³/mol. The van der Waals surface area contributed by atoms with Crippen molar-refractivity contribution in [1.82, 2.24) is 14.7 Å². The summed E-state index contributed by atoms with van der Waals surface area (Å²) in [6, 6.07) is 0.706. The normalized spacial score (nSPS) is 28.8. The molecule has 1 saturated heterocycles. The molecule has 0 aromatic carbocycles. The summed E-state index contributed by atoms with van der Waals surface area (Å²) < 4.78 is 6.04. The molecule has 0 aromatic heterocycles. The highest BCUT2D eigenvalue weighted by Gasteiger charge is 2.32. The van der Waals surface area contributed by atoms with Gasteiger partial charge >= 0.3 is 0 Å². The summed E-state index contributed by atoms with van der Waals surface area (Å²) in [5, 5.41) is 0.455. The summed E-state index contributed by atoms with van der Waals surface area (Å²) in [5.41, 5.74) is 0. The van der Waals surface area contributed by atoms with Crippen LogP contribution in [0.5, 0.6) is 0 Å². The number of thiol groups is 1. The summed E-state index contributed by atoms with van der Waals surface area (Å²) in [6.45, 7) is 13.6. The maximum absolute atomic E-state index is 6.04. The van der Waals surface area contributed by atoms with Crippen molar-refractivity contribution >= 4 is 12.6 Å². The number of rotatable bonds is 9.